The fourth-order valence-corrected chi connectivity index (χ4v) is 4.50. The molecule has 1 N–H and O–H groups in total. The largest absolute Gasteiger partial charge is 0.467 e. The van der Waals surface area contributed by atoms with Gasteiger partial charge in [0.1, 0.15) is 29.8 Å². The minimum absolute atomic E-state index is 0.167. The zero-order chi connectivity index (χ0) is 29.2. The van der Waals surface area contributed by atoms with Gasteiger partial charge in [0.25, 0.3) is 0 Å². The third-order valence-corrected chi connectivity index (χ3v) is 5.79. The van der Waals surface area contributed by atoms with Crippen LogP contribution in [0.25, 0.3) is 0 Å². The van der Waals surface area contributed by atoms with E-state index in [1.165, 1.54) is 0 Å². The molecule has 0 unspecified atom stereocenters. The molecule has 0 radical (unpaired) electrons. The van der Waals surface area contributed by atoms with E-state index in [0.717, 1.165) is 46.6 Å². The molecule has 38 heavy (non-hydrogen) atoms. The fraction of sp³-hybridized carbons (Fsp3) is 0.739. The summed E-state index contributed by atoms with van der Waals surface area (Å²) in [6.07, 6.45) is -6.02. The number of carbonyl (C=O) groups is 6. The Labute approximate surface area is 224 Å². The molecule has 0 bridgehead atoms. The molecular formula is C23H35NO13S. The Kier molecular flexibility index (Phi) is 12.8. The molecule has 216 valence electrons. The SMILES string of the molecule is COC(=O)[C@H](CS[C@@H]1O[C@H](COC(C)=O)[C@@H](OC(C)=O)[C@H](OC(C)=O)[C@H]1OC(C)=O)NC(=O)OC(C)(C)C. The van der Waals surface area contributed by atoms with E-state index in [1.54, 1.807) is 20.8 Å². The van der Waals surface area contributed by atoms with Crippen molar-refractivity contribution < 1.29 is 61.9 Å². The molecule has 1 fully saturated rings. The number of carbonyl (C=O) groups excluding carboxylic acids is 6. The minimum atomic E-state index is -1.36. The molecule has 0 aromatic carbocycles. The second-order valence-electron chi connectivity index (χ2n) is 9.12. The summed E-state index contributed by atoms with van der Waals surface area (Å²) in [6.45, 7) is 9.02. The highest BCUT2D eigenvalue weighted by molar-refractivity contribution is 7.99. The first-order chi connectivity index (χ1) is 17.5. The number of amides is 1. The average Bonchev–Trinajstić information content (AvgIpc) is 2.75. The summed E-state index contributed by atoms with van der Waals surface area (Å²) in [5, 5.41) is 2.41. The van der Waals surface area contributed by atoms with Crippen molar-refractivity contribution in [1.82, 2.24) is 5.32 Å². The molecule has 15 heteroatoms. The summed E-state index contributed by atoms with van der Waals surface area (Å²) < 4.78 is 37.0. The third-order valence-electron chi connectivity index (χ3n) is 4.55. The molecule has 1 aliphatic heterocycles. The van der Waals surface area contributed by atoms with E-state index in [1.807, 2.05) is 0 Å². The summed E-state index contributed by atoms with van der Waals surface area (Å²) >= 11 is 0.906. The summed E-state index contributed by atoms with van der Waals surface area (Å²) in [7, 11) is 1.13. The van der Waals surface area contributed by atoms with Gasteiger partial charge in [-0.15, -0.1) is 11.8 Å². The molecule has 1 aliphatic rings. The van der Waals surface area contributed by atoms with Crippen LogP contribution in [-0.4, -0.2) is 96.9 Å². The molecule has 0 spiro atoms. The lowest BCUT2D eigenvalue weighted by Gasteiger charge is -2.44. The van der Waals surface area contributed by atoms with Crippen LogP contribution in [0.2, 0.25) is 0 Å². The lowest BCUT2D eigenvalue weighted by molar-refractivity contribution is -0.237. The maximum atomic E-state index is 12.4. The molecule has 0 aromatic heterocycles. The smallest absolute Gasteiger partial charge is 0.408 e. The van der Waals surface area contributed by atoms with Crippen LogP contribution in [0.15, 0.2) is 0 Å². The van der Waals surface area contributed by atoms with Crippen LogP contribution < -0.4 is 5.32 Å². The quantitative estimate of drug-likeness (QED) is 0.291. The van der Waals surface area contributed by atoms with Gasteiger partial charge in [-0.25, -0.2) is 9.59 Å². The van der Waals surface area contributed by atoms with Crippen LogP contribution in [0, 0.1) is 0 Å². The highest BCUT2D eigenvalue weighted by Gasteiger charge is 2.52. The van der Waals surface area contributed by atoms with Gasteiger partial charge < -0.3 is 38.5 Å². The van der Waals surface area contributed by atoms with E-state index in [9.17, 15) is 28.8 Å². The molecule has 0 aliphatic carbocycles. The van der Waals surface area contributed by atoms with Crippen molar-refractivity contribution in [2.45, 2.75) is 90.0 Å². The fourth-order valence-electron chi connectivity index (χ4n) is 3.27. The molecule has 1 heterocycles. The number of methoxy groups -OCH3 is 1. The Hall–Kier alpha value is -3.07. The van der Waals surface area contributed by atoms with Crippen molar-refractivity contribution in [2.75, 3.05) is 19.5 Å². The van der Waals surface area contributed by atoms with Gasteiger partial charge in [-0.05, 0) is 20.8 Å². The summed E-state index contributed by atoms with van der Waals surface area (Å²) in [5.74, 6) is -3.92. The van der Waals surface area contributed by atoms with E-state index in [-0.39, 0.29) is 5.75 Å². The number of nitrogens with one attached hydrogen (secondary N) is 1. The maximum absolute atomic E-state index is 12.4. The lowest BCUT2D eigenvalue weighted by Crippen LogP contribution is -2.61. The van der Waals surface area contributed by atoms with Gasteiger partial charge in [-0.2, -0.15) is 0 Å². The van der Waals surface area contributed by atoms with Crippen molar-refractivity contribution in [3.05, 3.63) is 0 Å². The van der Waals surface area contributed by atoms with Crippen LogP contribution in [0.1, 0.15) is 48.5 Å². The van der Waals surface area contributed by atoms with E-state index in [0.29, 0.717) is 0 Å². The number of thioether (sulfide) groups is 1. The number of hydrogen-bond donors (Lipinski definition) is 1. The second-order valence-corrected chi connectivity index (χ2v) is 10.3. The first-order valence-electron chi connectivity index (χ1n) is 11.5. The van der Waals surface area contributed by atoms with Crippen molar-refractivity contribution in [1.29, 1.82) is 0 Å². The third kappa shape index (κ3) is 11.5. The predicted molar refractivity (Wildman–Crippen MR) is 130 cm³/mol. The van der Waals surface area contributed by atoms with Crippen molar-refractivity contribution >= 4 is 47.7 Å². The molecule has 1 amide bonds. The summed E-state index contributed by atoms with van der Waals surface area (Å²) in [4.78, 5) is 71.7. The number of hydrogen-bond acceptors (Lipinski definition) is 14. The average molecular weight is 566 g/mol. The maximum Gasteiger partial charge on any atom is 0.408 e. The van der Waals surface area contributed by atoms with Gasteiger partial charge in [0.15, 0.2) is 18.3 Å². The van der Waals surface area contributed by atoms with Gasteiger partial charge in [0.05, 0.1) is 7.11 Å². The standard InChI is InChI=1S/C23H35NO13S/c1-11(25)32-9-16-17(33-12(2)26)18(34-13(3)27)19(35-14(4)28)21(36-16)38-10-15(20(29)31-8)24-22(30)37-23(5,6)7/h15-19,21H,9-10H2,1-8H3,(H,24,30)/t15-,16+,17+,18-,19+,21-/m0/s1. The first kappa shape index (κ1) is 33.0. The molecule has 1 saturated heterocycles. The van der Waals surface area contributed by atoms with E-state index >= 15 is 0 Å². The van der Waals surface area contributed by atoms with Gasteiger partial charge in [0, 0.05) is 33.4 Å². The van der Waals surface area contributed by atoms with Gasteiger partial charge in [-0.1, -0.05) is 0 Å². The van der Waals surface area contributed by atoms with Crippen LogP contribution >= 0.6 is 11.8 Å². The molecule has 6 atom stereocenters. The normalized spacial score (nSPS) is 23.7. The zero-order valence-corrected chi connectivity index (χ0v) is 23.4. The number of ether oxygens (including phenoxy) is 7. The molecule has 1 rings (SSSR count). The van der Waals surface area contributed by atoms with E-state index in [4.69, 9.17) is 33.2 Å². The van der Waals surface area contributed by atoms with Gasteiger partial charge in [0.2, 0.25) is 0 Å². The lowest BCUT2D eigenvalue weighted by atomic mass is 9.99. The Balaban J connectivity index is 3.31. The topological polar surface area (TPSA) is 179 Å². The highest BCUT2D eigenvalue weighted by Crippen LogP contribution is 2.34. The van der Waals surface area contributed by atoms with Crippen molar-refractivity contribution in [3.8, 4) is 0 Å². The predicted octanol–water partition coefficient (Wildman–Crippen LogP) is 0.869. The number of alkyl carbamates (subject to hydrolysis) is 1. The van der Waals surface area contributed by atoms with Crippen LogP contribution in [0.4, 0.5) is 4.79 Å². The van der Waals surface area contributed by atoms with Crippen molar-refractivity contribution in [3.63, 3.8) is 0 Å². The van der Waals surface area contributed by atoms with Gasteiger partial charge >= 0.3 is 35.9 Å². The summed E-state index contributed by atoms with van der Waals surface area (Å²) in [5.41, 5.74) is -1.97. The molecule has 0 aromatic rings. The zero-order valence-electron chi connectivity index (χ0n) is 22.6. The Morgan fingerprint density at radius 2 is 1.37 bits per heavy atom. The first-order valence-corrected chi connectivity index (χ1v) is 12.6. The highest BCUT2D eigenvalue weighted by atomic mass is 32.2. The van der Waals surface area contributed by atoms with Crippen LogP contribution in [0.5, 0.6) is 0 Å². The van der Waals surface area contributed by atoms with Crippen molar-refractivity contribution in [2.24, 2.45) is 0 Å². The Morgan fingerprint density at radius 1 is 0.842 bits per heavy atom. The summed E-state index contributed by atoms with van der Waals surface area (Å²) in [6, 6.07) is -1.22. The monoisotopic (exact) mass is 565 g/mol. The minimum Gasteiger partial charge on any atom is -0.467 e. The molecule has 0 saturated carbocycles. The Morgan fingerprint density at radius 3 is 1.84 bits per heavy atom. The second kappa shape index (κ2) is 14.8. The van der Waals surface area contributed by atoms with E-state index in [2.05, 4.69) is 5.32 Å². The van der Waals surface area contributed by atoms with Gasteiger partial charge in [-0.3, -0.25) is 19.2 Å². The number of rotatable bonds is 10. The van der Waals surface area contributed by atoms with Crippen LogP contribution in [-0.2, 0) is 57.1 Å². The molecule has 14 nitrogen and oxygen atoms in total. The number of esters is 5. The molecular weight excluding hydrogens is 530 g/mol. The Bertz CT molecular complexity index is 887. The van der Waals surface area contributed by atoms with Crippen LogP contribution in [0.3, 0.4) is 0 Å². The van der Waals surface area contributed by atoms with E-state index < -0.39 is 84.0 Å².